The number of benzene rings is 2. The molecule has 0 aromatic heterocycles. The molecule has 1 atom stereocenters. The maximum absolute atomic E-state index is 5.40. The summed E-state index contributed by atoms with van der Waals surface area (Å²) < 4.78 is 0. The van der Waals surface area contributed by atoms with Crippen molar-refractivity contribution in [1.29, 1.82) is 0 Å². The van der Waals surface area contributed by atoms with Crippen LogP contribution in [0.2, 0.25) is 0 Å². The molecule has 1 aliphatic rings. The van der Waals surface area contributed by atoms with Crippen LogP contribution in [0.5, 0.6) is 0 Å². The Kier molecular flexibility index (Phi) is 3.90. The third-order valence-electron chi connectivity index (χ3n) is 3.39. The van der Waals surface area contributed by atoms with Gasteiger partial charge in [0.05, 0.1) is 5.70 Å². The third kappa shape index (κ3) is 2.65. The molecule has 1 N–H and O–H groups in total. The van der Waals surface area contributed by atoms with Crippen molar-refractivity contribution in [2.45, 2.75) is 18.4 Å². The smallest absolute Gasteiger partial charge is 0.103 e. The first-order chi connectivity index (χ1) is 9.78. The van der Waals surface area contributed by atoms with E-state index in [2.05, 4.69) is 76.0 Å². The van der Waals surface area contributed by atoms with E-state index >= 15 is 0 Å². The number of halogens is 1. The van der Waals surface area contributed by atoms with Crippen molar-refractivity contribution >= 4 is 21.6 Å². The first-order valence-electron chi connectivity index (χ1n) is 6.66. The molecule has 20 heavy (non-hydrogen) atoms. The lowest BCUT2D eigenvalue weighted by molar-refractivity contribution is 0.0625. The molecule has 1 unspecified atom stereocenters. The van der Waals surface area contributed by atoms with Gasteiger partial charge in [0.15, 0.2) is 0 Å². The zero-order valence-corrected chi connectivity index (χ0v) is 12.9. The monoisotopic (exact) mass is 329 g/mol. The van der Waals surface area contributed by atoms with E-state index in [0.29, 0.717) is 0 Å². The van der Waals surface area contributed by atoms with Crippen molar-refractivity contribution < 1.29 is 4.84 Å². The van der Waals surface area contributed by atoms with Crippen LogP contribution >= 0.6 is 15.9 Å². The first kappa shape index (κ1) is 13.4. The molecule has 2 aromatic carbocycles. The summed E-state index contributed by atoms with van der Waals surface area (Å²) in [6, 6.07) is 17.0. The molecule has 0 aliphatic carbocycles. The molecule has 2 nitrogen and oxygen atoms in total. The molecule has 102 valence electrons. The number of hydrogen-bond acceptors (Lipinski definition) is 2. The molecule has 3 heteroatoms. The minimum atomic E-state index is 0.105. The summed E-state index contributed by atoms with van der Waals surface area (Å²) in [4.78, 5) is 5.40. The zero-order valence-electron chi connectivity index (χ0n) is 11.3. The van der Waals surface area contributed by atoms with E-state index in [9.17, 15) is 0 Å². The van der Waals surface area contributed by atoms with Gasteiger partial charge >= 0.3 is 0 Å². The summed E-state index contributed by atoms with van der Waals surface area (Å²) in [5.74, 6) is 0. The van der Waals surface area contributed by atoms with Crippen LogP contribution in [0.3, 0.4) is 0 Å². The van der Waals surface area contributed by atoms with E-state index in [-0.39, 0.29) is 6.10 Å². The lowest BCUT2D eigenvalue weighted by Gasteiger charge is -2.11. The van der Waals surface area contributed by atoms with Crippen LogP contribution < -0.4 is 5.48 Å². The van der Waals surface area contributed by atoms with E-state index in [1.165, 1.54) is 22.3 Å². The second-order valence-corrected chi connectivity index (χ2v) is 5.44. The fourth-order valence-electron chi connectivity index (χ4n) is 2.35. The van der Waals surface area contributed by atoms with Crippen LogP contribution in [-0.4, -0.2) is 6.10 Å². The number of alkyl halides is 1. The van der Waals surface area contributed by atoms with Gasteiger partial charge in [-0.3, -0.25) is 10.3 Å². The molecule has 0 amide bonds. The van der Waals surface area contributed by atoms with E-state index in [1.807, 2.05) is 6.92 Å². The molecular weight excluding hydrogens is 314 g/mol. The normalized spacial score (nSPS) is 17.7. The van der Waals surface area contributed by atoms with Crippen LogP contribution in [0.4, 0.5) is 0 Å². The highest BCUT2D eigenvalue weighted by Crippen LogP contribution is 2.30. The van der Waals surface area contributed by atoms with Crippen molar-refractivity contribution in [3.8, 4) is 11.1 Å². The van der Waals surface area contributed by atoms with Crippen LogP contribution in [0, 0.1) is 0 Å². The minimum Gasteiger partial charge on any atom is -0.269 e. The van der Waals surface area contributed by atoms with Crippen LogP contribution in [0.1, 0.15) is 18.1 Å². The lowest BCUT2D eigenvalue weighted by atomic mass is 9.97. The molecule has 0 saturated carbocycles. The second kappa shape index (κ2) is 5.81. The Morgan fingerprint density at radius 3 is 2.35 bits per heavy atom. The standard InChI is InChI=1S/C17H16BrNO/c1-12-10-17(19-20-12)16-5-3-2-4-15(16)14-8-6-13(11-18)7-9-14/h2-10,12,19H,11H2,1H3. The first-order valence-corrected chi connectivity index (χ1v) is 7.78. The van der Waals surface area contributed by atoms with Crippen molar-refractivity contribution in [1.82, 2.24) is 5.48 Å². The fraction of sp³-hybridized carbons (Fsp3) is 0.176. The van der Waals surface area contributed by atoms with Gasteiger partial charge in [0.1, 0.15) is 6.10 Å². The number of nitrogens with one attached hydrogen (secondary N) is 1. The van der Waals surface area contributed by atoms with Gasteiger partial charge in [0.25, 0.3) is 0 Å². The Labute approximate surface area is 127 Å². The highest BCUT2D eigenvalue weighted by Gasteiger charge is 2.16. The molecule has 0 bridgehead atoms. The van der Waals surface area contributed by atoms with Gasteiger partial charge in [-0.2, -0.15) is 0 Å². The maximum atomic E-state index is 5.40. The molecule has 0 spiro atoms. The Morgan fingerprint density at radius 1 is 1.05 bits per heavy atom. The summed E-state index contributed by atoms with van der Waals surface area (Å²) >= 11 is 3.48. The molecular formula is C17H16BrNO. The zero-order chi connectivity index (χ0) is 13.9. The van der Waals surface area contributed by atoms with Crippen molar-refractivity contribution in [2.24, 2.45) is 0 Å². The van der Waals surface area contributed by atoms with Crippen LogP contribution in [-0.2, 0) is 10.2 Å². The van der Waals surface area contributed by atoms with Gasteiger partial charge in [-0.05, 0) is 29.7 Å². The second-order valence-electron chi connectivity index (χ2n) is 4.88. The van der Waals surface area contributed by atoms with Crippen LogP contribution in [0.25, 0.3) is 16.8 Å². The average molecular weight is 330 g/mol. The van der Waals surface area contributed by atoms with Crippen LogP contribution in [0.15, 0.2) is 54.6 Å². The topological polar surface area (TPSA) is 21.3 Å². The summed E-state index contributed by atoms with van der Waals surface area (Å²) in [6.07, 6.45) is 2.21. The molecule has 0 fully saturated rings. The van der Waals surface area contributed by atoms with Gasteiger partial charge in [-0.15, -0.1) is 0 Å². The number of rotatable bonds is 3. The Hall–Kier alpha value is -1.58. The fourth-order valence-corrected chi connectivity index (χ4v) is 2.72. The highest BCUT2D eigenvalue weighted by atomic mass is 79.9. The van der Waals surface area contributed by atoms with Gasteiger partial charge in [0, 0.05) is 10.9 Å². The molecule has 2 aromatic rings. The predicted molar refractivity (Wildman–Crippen MR) is 86.2 cm³/mol. The minimum absolute atomic E-state index is 0.105. The maximum Gasteiger partial charge on any atom is 0.103 e. The average Bonchev–Trinajstić information content (AvgIpc) is 2.94. The summed E-state index contributed by atoms with van der Waals surface area (Å²) in [7, 11) is 0. The van der Waals surface area contributed by atoms with E-state index in [4.69, 9.17) is 4.84 Å². The highest BCUT2D eigenvalue weighted by molar-refractivity contribution is 9.08. The Balaban J connectivity index is 2.03. The van der Waals surface area contributed by atoms with Gasteiger partial charge in [0.2, 0.25) is 0 Å². The Bertz CT molecular complexity index is 634. The molecule has 0 radical (unpaired) electrons. The van der Waals surface area contributed by atoms with Crippen molar-refractivity contribution in [2.75, 3.05) is 0 Å². The van der Waals surface area contributed by atoms with Gasteiger partial charge < -0.3 is 0 Å². The van der Waals surface area contributed by atoms with Gasteiger partial charge in [-0.1, -0.05) is 64.5 Å². The predicted octanol–water partition coefficient (Wildman–Crippen LogP) is 4.51. The third-order valence-corrected chi connectivity index (χ3v) is 4.04. The number of hydrogen-bond donors (Lipinski definition) is 1. The molecule has 1 heterocycles. The molecule has 0 saturated heterocycles. The summed E-state index contributed by atoms with van der Waals surface area (Å²) in [6.45, 7) is 2.02. The summed E-state index contributed by atoms with van der Waals surface area (Å²) in [5, 5.41) is 0.882. The van der Waals surface area contributed by atoms with Crippen molar-refractivity contribution in [3.63, 3.8) is 0 Å². The number of hydroxylamine groups is 1. The van der Waals surface area contributed by atoms with E-state index in [0.717, 1.165) is 11.0 Å². The lowest BCUT2D eigenvalue weighted by Crippen LogP contribution is -2.09. The van der Waals surface area contributed by atoms with E-state index < -0.39 is 0 Å². The quantitative estimate of drug-likeness (QED) is 0.836. The van der Waals surface area contributed by atoms with Crippen molar-refractivity contribution in [3.05, 3.63) is 65.7 Å². The molecule has 1 aliphatic heterocycles. The molecule has 3 rings (SSSR count). The largest absolute Gasteiger partial charge is 0.269 e. The summed E-state index contributed by atoms with van der Waals surface area (Å²) in [5.41, 5.74) is 8.93. The Morgan fingerprint density at radius 2 is 1.75 bits per heavy atom. The SMILES string of the molecule is CC1C=C(c2ccccc2-c2ccc(CBr)cc2)NO1. The van der Waals surface area contributed by atoms with E-state index in [1.54, 1.807) is 0 Å². The van der Waals surface area contributed by atoms with Gasteiger partial charge in [-0.25, -0.2) is 0 Å².